The third-order valence-electron chi connectivity index (χ3n) is 0.908. The van der Waals surface area contributed by atoms with Gasteiger partial charge in [-0.25, -0.2) is 0 Å². The minimum Gasteiger partial charge on any atom is -0.545 e. The second-order valence-corrected chi connectivity index (χ2v) is 2.46. The normalized spacial score (nSPS) is 9.00. The number of aliphatic carboxylic acids is 3. The molecule has 0 unspecified atom stereocenters. The molecule has 0 aliphatic rings. The van der Waals surface area contributed by atoms with E-state index in [0.717, 1.165) is 18.2 Å². The van der Waals surface area contributed by atoms with Crippen molar-refractivity contribution in [2.24, 2.45) is 0 Å². The van der Waals surface area contributed by atoms with Gasteiger partial charge in [-0.3, -0.25) is 0 Å². The van der Waals surface area contributed by atoms with Crippen molar-refractivity contribution in [3.05, 3.63) is 36.5 Å². The Hall–Kier alpha value is -1.84. The van der Waals surface area contributed by atoms with Gasteiger partial charge in [-0.05, 0) is 39.0 Å². The number of carbonyl (C=O) groups is 3. The van der Waals surface area contributed by atoms with E-state index in [2.05, 4.69) is 0 Å². The van der Waals surface area contributed by atoms with E-state index in [0.29, 0.717) is 0 Å². The van der Waals surface area contributed by atoms with Crippen LogP contribution in [0.4, 0.5) is 0 Å². The minimum absolute atomic E-state index is 0. The Morgan fingerprint density at radius 1 is 0.632 bits per heavy atom. The van der Waals surface area contributed by atoms with Crippen LogP contribution in [0.25, 0.3) is 0 Å². The van der Waals surface area contributed by atoms with Crippen molar-refractivity contribution in [3.8, 4) is 0 Å². The van der Waals surface area contributed by atoms with E-state index in [9.17, 15) is 29.7 Å². The maximum absolute atomic E-state index is 9.40. The van der Waals surface area contributed by atoms with Gasteiger partial charge in [0.2, 0.25) is 0 Å². The maximum Gasteiger partial charge on any atom is 3.00 e. The molecule has 6 nitrogen and oxygen atoms in total. The fraction of sp³-hybridized carbons (Fsp3) is 0.250. The predicted octanol–water partition coefficient (Wildman–Crippen LogP) is -2.44. The first-order valence-corrected chi connectivity index (χ1v) is 4.82. The minimum atomic E-state index is -1.14. The summed E-state index contributed by atoms with van der Waals surface area (Å²) in [6, 6.07) is 0. The van der Waals surface area contributed by atoms with Gasteiger partial charge < -0.3 is 29.7 Å². The number of hydrogen-bond acceptors (Lipinski definition) is 6. The molecule has 0 aromatic heterocycles. The van der Waals surface area contributed by atoms with Crippen molar-refractivity contribution in [2.75, 3.05) is 0 Å². The first-order chi connectivity index (χ1) is 8.31. The average Bonchev–Trinajstić information content (AvgIpc) is 2.18. The van der Waals surface area contributed by atoms with E-state index in [1.807, 2.05) is 0 Å². The number of allylic oxidation sites excluding steroid dienone is 3. The van der Waals surface area contributed by atoms with E-state index >= 15 is 0 Å². The SMILES string of the molecule is C/C=C/C(=O)[O-].C/C=C/C(=O)[O-].C/C=C/C(=O)[O-].[Al+3]. The molecule has 0 amide bonds. The monoisotopic (exact) mass is 282 g/mol. The van der Waals surface area contributed by atoms with Gasteiger partial charge in [-0.15, -0.1) is 0 Å². The zero-order chi connectivity index (χ0) is 15.0. The molecule has 0 atom stereocenters. The molecule has 0 aromatic rings. The van der Waals surface area contributed by atoms with Crippen LogP contribution in [0.5, 0.6) is 0 Å². The van der Waals surface area contributed by atoms with E-state index in [1.165, 1.54) is 18.2 Å². The summed E-state index contributed by atoms with van der Waals surface area (Å²) in [6.45, 7) is 4.86. The summed E-state index contributed by atoms with van der Waals surface area (Å²) in [5, 5.41) is 28.2. The molecule has 0 fully saturated rings. The summed E-state index contributed by atoms with van der Waals surface area (Å²) in [4.78, 5) is 28.2. The average molecular weight is 282 g/mol. The third-order valence-corrected chi connectivity index (χ3v) is 0.908. The van der Waals surface area contributed by atoms with E-state index < -0.39 is 17.9 Å². The second-order valence-electron chi connectivity index (χ2n) is 2.46. The Bertz CT molecular complexity index is 279. The zero-order valence-corrected chi connectivity index (χ0v) is 12.1. The molecule has 0 aromatic carbocycles. The summed E-state index contributed by atoms with van der Waals surface area (Å²) in [7, 11) is 0. The Kier molecular flexibility index (Phi) is 29.2. The van der Waals surface area contributed by atoms with Crippen molar-refractivity contribution >= 4 is 35.3 Å². The number of rotatable bonds is 3. The van der Waals surface area contributed by atoms with Gasteiger partial charge in [0.25, 0.3) is 0 Å². The molecule has 0 N–H and O–H groups in total. The van der Waals surface area contributed by atoms with Gasteiger partial charge in [0.15, 0.2) is 0 Å². The zero-order valence-electron chi connectivity index (χ0n) is 11.0. The molecule has 0 aliphatic heterocycles. The molecule has 0 radical (unpaired) electrons. The molecule has 0 saturated heterocycles. The number of carboxylic acids is 3. The van der Waals surface area contributed by atoms with Crippen molar-refractivity contribution in [1.82, 2.24) is 0 Å². The first-order valence-electron chi connectivity index (χ1n) is 4.82. The van der Waals surface area contributed by atoms with E-state index in [1.54, 1.807) is 20.8 Å². The summed E-state index contributed by atoms with van der Waals surface area (Å²) < 4.78 is 0. The van der Waals surface area contributed by atoms with E-state index in [4.69, 9.17) is 0 Å². The number of carbonyl (C=O) groups excluding carboxylic acids is 3. The van der Waals surface area contributed by atoms with Crippen LogP contribution in [0.15, 0.2) is 36.5 Å². The van der Waals surface area contributed by atoms with Gasteiger partial charge in [-0.1, -0.05) is 18.2 Å². The topological polar surface area (TPSA) is 120 Å². The quantitative estimate of drug-likeness (QED) is 0.418. The van der Waals surface area contributed by atoms with Crippen LogP contribution >= 0.6 is 0 Å². The van der Waals surface area contributed by atoms with Crippen LogP contribution < -0.4 is 15.3 Å². The first kappa shape index (κ1) is 25.9. The molecule has 0 aliphatic carbocycles. The molecule has 7 heteroatoms. The van der Waals surface area contributed by atoms with Crippen LogP contribution in [0.2, 0.25) is 0 Å². The molecule has 102 valence electrons. The predicted molar refractivity (Wildman–Crippen MR) is 65.2 cm³/mol. The fourth-order valence-electron chi connectivity index (χ4n) is 0.408. The number of carboxylic acid groups (broad SMARTS) is 3. The Morgan fingerprint density at radius 3 is 0.789 bits per heavy atom. The molecule has 0 heterocycles. The molecule has 0 spiro atoms. The summed E-state index contributed by atoms with van der Waals surface area (Å²) in [6.07, 6.45) is 7.15. The Labute approximate surface area is 122 Å². The van der Waals surface area contributed by atoms with Crippen molar-refractivity contribution < 1.29 is 29.7 Å². The molecule has 0 bridgehead atoms. The Balaban J connectivity index is -0.0000000865. The smallest absolute Gasteiger partial charge is 0.545 e. The molecular formula is C12H15AlO6. The van der Waals surface area contributed by atoms with Crippen molar-refractivity contribution in [1.29, 1.82) is 0 Å². The molecular weight excluding hydrogens is 267 g/mol. The molecule has 0 rings (SSSR count). The van der Waals surface area contributed by atoms with Crippen LogP contribution in [0.3, 0.4) is 0 Å². The molecule has 19 heavy (non-hydrogen) atoms. The number of hydrogen-bond donors (Lipinski definition) is 0. The Morgan fingerprint density at radius 2 is 0.789 bits per heavy atom. The van der Waals surface area contributed by atoms with Crippen LogP contribution in [0, 0.1) is 0 Å². The standard InChI is InChI=1S/3C4H6O2.Al/c3*1-2-3-4(5)6;/h3*2-3H,1H3,(H,5,6);/q;;;+3/p-3/b3*3-2+;. The molecule has 0 saturated carbocycles. The maximum atomic E-state index is 9.40. The van der Waals surface area contributed by atoms with Crippen LogP contribution in [0.1, 0.15) is 20.8 Å². The van der Waals surface area contributed by atoms with Gasteiger partial charge in [0.05, 0.1) is 17.9 Å². The second kappa shape index (κ2) is 21.4. The van der Waals surface area contributed by atoms with Gasteiger partial charge in [-0.2, -0.15) is 0 Å². The van der Waals surface area contributed by atoms with E-state index in [-0.39, 0.29) is 17.4 Å². The van der Waals surface area contributed by atoms with Crippen LogP contribution in [-0.4, -0.2) is 35.3 Å². The van der Waals surface area contributed by atoms with Crippen molar-refractivity contribution in [2.45, 2.75) is 20.8 Å². The van der Waals surface area contributed by atoms with Gasteiger partial charge in [0, 0.05) is 0 Å². The summed E-state index contributed by atoms with van der Waals surface area (Å²) >= 11 is 0. The summed E-state index contributed by atoms with van der Waals surface area (Å²) in [5.74, 6) is -3.42. The fourth-order valence-corrected chi connectivity index (χ4v) is 0.408. The largest absolute Gasteiger partial charge is 3.00 e. The van der Waals surface area contributed by atoms with Gasteiger partial charge >= 0.3 is 17.4 Å². The summed E-state index contributed by atoms with van der Waals surface area (Å²) in [5.41, 5.74) is 0. The van der Waals surface area contributed by atoms with Crippen molar-refractivity contribution in [3.63, 3.8) is 0 Å². The van der Waals surface area contributed by atoms with Gasteiger partial charge in [0.1, 0.15) is 0 Å². The van der Waals surface area contributed by atoms with Crippen LogP contribution in [-0.2, 0) is 14.4 Å². The third kappa shape index (κ3) is 63.2.